The molecule has 16 heavy (non-hydrogen) atoms. The maximum absolute atomic E-state index is 10.9. The predicted octanol–water partition coefficient (Wildman–Crippen LogP) is 0.575. The monoisotopic (exact) mass is 223 g/mol. The topological polar surface area (TPSA) is 75.6 Å². The molecule has 86 valence electrons. The Morgan fingerprint density at radius 2 is 2.00 bits per heavy atom. The molecular formula is C11H13NO4. The van der Waals surface area contributed by atoms with Crippen molar-refractivity contribution in [1.29, 1.82) is 0 Å². The van der Waals surface area contributed by atoms with Crippen LogP contribution in [0.2, 0.25) is 0 Å². The van der Waals surface area contributed by atoms with E-state index in [0.717, 1.165) is 0 Å². The summed E-state index contributed by atoms with van der Waals surface area (Å²) in [6, 6.07) is 8.50. The number of likely N-dealkylation sites (N-methyl/N-ethyl adjacent to an activating group) is 1. The summed E-state index contributed by atoms with van der Waals surface area (Å²) in [7, 11) is 1.46. The summed E-state index contributed by atoms with van der Waals surface area (Å²) in [4.78, 5) is 21.9. The zero-order valence-electron chi connectivity index (χ0n) is 8.84. The van der Waals surface area contributed by atoms with Gasteiger partial charge in [-0.2, -0.15) is 0 Å². The largest absolute Gasteiger partial charge is 0.479 e. The number of hydrogen-bond donors (Lipinski definition) is 2. The van der Waals surface area contributed by atoms with Crippen LogP contribution in [-0.2, 0) is 14.3 Å². The van der Waals surface area contributed by atoms with Gasteiger partial charge in [0, 0.05) is 7.05 Å². The second-order valence-electron chi connectivity index (χ2n) is 3.11. The Labute approximate surface area is 93.0 Å². The van der Waals surface area contributed by atoms with Gasteiger partial charge >= 0.3 is 5.97 Å². The van der Waals surface area contributed by atoms with E-state index in [1.807, 2.05) is 0 Å². The molecule has 0 aromatic heterocycles. The molecule has 5 nitrogen and oxygen atoms in total. The summed E-state index contributed by atoms with van der Waals surface area (Å²) < 4.78 is 5.03. The molecule has 0 bridgehead atoms. The van der Waals surface area contributed by atoms with Crippen LogP contribution in [0.5, 0.6) is 0 Å². The van der Waals surface area contributed by atoms with Gasteiger partial charge in [0.05, 0.1) is 0 Å². The lowest BCUT2D eigenvalue weighted by atomic mass is 10.1. The SMILES string of the molecule is CNC(=O)COC(C(=O)O)c1ccccc1. The van der Waals surface area contributed by atoms with Gasteiger partial charge in [-0.1, -0.05) is 30.3 Å². The van der Waals surface area contributed by atoms with Crippen molar-refractivity contribution in [2.45, 2.75) is 6.10 Å². The number of rotatable bonds is 5. The molecule has 1 aromatic carbocycles. The molecular weight excluding hydrogens is 210 g/mol. The van der Waals surface area contributed by atoms with Gasteiger partial charge in [-0.3, -0.25) is 4.79 Å². The molecule has 0 saturated carbocycles. The lowest BCUT2D eigenvalue weighted by Crippen LogP contribution is -2.26. The standard InChI is InChI=1S/C11H13NO4/c1-12-9(13)7-16-10(11(14)15)8-5-3-2-4-6-8/h2-6,10H,7H2,1H3,(H,12,13)(H,14,15). The van der Waals surface area contributed by atoms with Gasteiger partial charge in [0.1, 0.15) is 6.61 Å². The molecule has 0 aliphatic heterocycles. The van der Waals surface area contributed by atoms with Crippen molar-refractivity contribution in [3.8, 4) is 0 Å². The second-order valence-corrected chi connectivity index (χ2v) is 3.11. The summed E-state index contributed by atoms with van der Waals surface area (Å²) in [5.41, 5.74) is 0.513. The maximum Gasteiger partial charge on any atom is 0.337 e. The van der Waals surface area contributed by atoms with Crippen LogP contribution in [-0.4, -0.2) is 30.6 Å². The van der Waals surface area contributed by atoms with Crippen LogP contribution in [0.3, 0.4) is 0 Å². The van der Waals surface area contributed by atoms with E-state index < -0.39 is 12.1 Å². The number of carboxylic acid groups (broad SMARTS) is 1. The normalized spacial score (nSPS) is 11.8. The van der Waals surface area contributed by atoms with Crippen molar-refractivity contribution in [2.75, 3.05) is 13.7 Å². The van der Waals surface area contributed by atoms with Crippen molar-refractivity contribution in [3.05, 3.63) is 35.9 Å². The maximum atomic E-state index is 10.9. The van der Waals surface area contributed by atoms with E-state index in [9.17, 15) is 9.59 Å². The Hall–Kier alpha value is -1.88. The van der Waals surface area contributed by atoms with Gasteiger partial charge in [-0.05, 0) is 5.56 Å². The molecule has 1 atom stereocenters. The number of aliphatic carboxylic acids is 1. The van der Waals surface area contributed by atoms with Crippen molar-refractivity contribution >= 4 is 11.9 Å². The minimum Gasteiger partial charge on any atom is -0.479 e. The van der Waals surface area contributed by atoms with Crippen LogP contribution in [0.25, 0.3) is 0 Å². The second kappa shape index (κ2) is 5.87. The molecule has 0 heterocycles. The first-order valence-corrected chi connectivity index (χ1v) is 4.75. The molecule has 2 N–H and O–H groups in total. The van der Waals surface area contributed by atoms with Crippen LogP contribution < -0.4 is 5.32 Å². The lowest BCUT2D eigenvalue weighted by molar-refractivity contribution is -0.152. The summed E-state index contributed by atoms with van der Waals surface area (Å²) in [6.07, 6.45) is -1.11. The molecule has 0 aliphatic carbocycles. The Morgan fingerprint density at radius 1 is 1.38 bits per heavy atom. The van der Waals surface area contributed by atoms with Crippen LogP contribution in [0.15, 0.2) is 30.3 Å². The fraction of sp³-hybridized carbons (Fsp3) is 0.273. The molecule has 0 saturated heterocycles. The first kappa shape index (κ1) is 12.2. The molecule has 0 aliphatic rings. The molecule has 0 spiro atoms. The average molecular weight is 223 g/mol. The molecule has 1 amide bonds. The van der Waals surface area contributed by atoms with E-state index >= 15 is 0 Å². The van der Waals surface area contributed by atoms with Crippen molar-refractivity contribution in [1.82, 2.24) is 5.32 Å². The summed E-state index contributed by atoms with van der Waals surface area (Å²) in [5.74, 6) is -1.47. The molecule has 1 unspecified atom stereocenters. The van der Waals surface area contributed by atoms with E-state index in [2.05, 4.69) is 5.32 Å². The van der Waals surface area contributed by atoms with Gasteiger partial charge in [-0.25, -0.2) is 4.79 Å². The van der Waals surface area contributed by atoms with Gasteiger partial charge < -0.3 is 15.2 Å². The Bertz CT molecular complexity index is 364. The third-order valence-electron chi connectivity index (χ3n) is 1.99. The van der Waals surface area contributed by atoms with E-state index in [0.29, 0.717) is 5.56 Å². The zero-order valence-corrected chi connectivity index (χ0v) is 8.84. The van der Waals surface area contributed by atoms with E-state index in [1.54, 1.807) is 30.3 Å². The van der Waals surface area contributed by atoms with E-state index in [4.69, 9.17) is 9.84 Å². The molecule has 5 heteroatoms. The van der Waals surface area contributed by atoms with Crippen LogP contribution >= 0.6 is 0 Å². The smallest absolute Gasteiger partial charge is 0.337 e. The number of ether oxygens (including phenoxy) is 1. The highest BCUT2D eigenvalue weighted by molar-refractivity contribution is 5.78. The quantitative estimate of drug-likeness (QED) is 0.765. The van der Waals surface area contributed by atoms with Gasteiger partial charge in [-0.15, -0.1) is 0 Å². The highest BCUT2D eigenvalue weighted by Gasteiger charge is 2.20. The molecule has 1 aromatic rings. The fourth-order valence-corrected chi connectivity index (χ4v) is 1.17. The Morgan fingerprint density at radius 3 is 2.50 bits per heavy atom. The van der Waals surface area contributed by atoms with Crippen LogP contribution in [0.1, 0.15) is 11.7 Å². The third kappa shape index (κ3) is 3.36. The minimum absolute atomic E-state index is 0.275. The first-order chi connectivity index (χ1) is 7.65. The highest BCUT2D eigenvalue weighted by Crippen LogP contribution is 2.16. The van der Waals surface area contributed by atoms with Crippen molar-refractivity contribution in [2.24, 2.45) is 0 Å². The van der Waals surface area contributed by atoms with Gasteiger partial charge in [0.15, 0.2) is 6.10 Å². The summed E-state index contributed by atoms with van der Waals surface area (Å²) in [5, 5.41) is 11.3. The predicted molar refractivity (Wildman–Crippen MR) is 56.8 cm³/mol. The fourth-order valence-electron chi connectivity index (χ4n) is 1.17. The van der Waals surface area contributed by atoms with E-state index in [1.165, 1.54) is 7.05 Å². The van der Waals surface area contributed by atoms with Crippen molar-refractivity contribution in [3.63, 3.8) is 0 Å². The number of nitrogens with one attached hydrogen (secondary N) is 1. The molecule has 0 radical (unpaired) electrons. The number of amides is 1. The first-order valence-electron chi connectivity index (χ1n) is 4.75. The number of benzene rings is 1. The lowest BCUT2D eigenvalue weighted by Gasteiger charge is -2.13. The zero-order chi connectivity index (χ0) is 12.0. The molecule has 0 fully saturated rings. The number of carbonyl (C=O) groups excluding carboxylic acids is 1. The Kier molecular flexibility index (Phi) is 4.47. The molecule has 1 rings (SSSR count). The minimum atomic E-state index is -1.12. The van der Waals surface area contributed by atoms with Crippen molar-refractivity contribution < 1.29 is 19.4 Å². The number of carboxylic acids is 1. The average Bonchev–Trinajstić information content (AvgIpc) is 2.30. The summed E-state index contributed by atoms with van der Waals surface area (Å²) >= 11 is 0. The highest BCUT2D eigenvalue weighted by atomic mass is 16.5. The number of hydrogen-bond acceptors (Lipinski definition) is 3. The van der Waals surface area contributed by atoms with Crippen LogP contribution in [0.4, 0.5) is 0 Å². The van der Waals surface area contributed by atoms with Gasteiger partial charge in [0.25, 0.3) is 0 Å². The third-order valence-corrected chi connectivity index (χ3v) is 1.99. The summed E-state index contributed by atoms with van der Waals surface area (Å²) in [6.45, 7) is -0.275. The number of carbonyl (C=O) groups is 2. The van der Waals surface area contributed by atoms with E-state index in [-0.39, 0.29) is 12.5 Å². The van der Waals surface area contributed by atoms with Crippen LogP contribution in [0, 0.1) is 0 Å². The Balaban J connectivity index is 2.69. The van der Waals surface area contributed by atoms with Gasteiger partial charge in [0.2, 0.25) is 5.91 Å².